The Morgan fingerprint density at radius 3 is 2.64 bits per heavy atom. The molecule has 0 bridgehead atoms. The fourth-order valence-electron chi connectivity index (χ4n) is 1.95. The quantitative estimate of drug-likeness (QED) is 0.687. The summed E-state index contributed by atoms with van der Waals surface area (Å²) in [5, 5.41) is 9.12. The van der Waals surface area contributed by atoms with Crippen LogP contribution < -0.4 is 10.6 Å². The van der Waals surface area contributed by atoms with Crippen LogP contribution in [0.15, 0.2) is 30.3 Å². The lowest BCUT2D eigenvalue weighted by atomic mass is 10.1. The first kappa shape index (κ1) is 18.5. The molecule has 1 aromatic carbocycles. The third-order valence-corrected chi connectivity index (χ3v) is 3.73. The molecule has 132 valence electrons. The van der Waals surface area contributed by atoms with Gasteiger partial charge < -0.3 is 15.4 Å². The molecule has 1 heterocycles. The Morgan fingerprint density at radius 1 is 1.16 bits per heavy atom. The van der Waals surface area contributed by atoms with Crippen LogP contribution >= 0.6 is 11.5 Å². The van der Waals surface area contributed by atoms with Gasteiger partial charge in [-0.2, -0.15) is 0 Å². The minimum absolute atomic E-state index is 0.0201. The molecule has 0 saturated carbocycles. The van der Waals surface area contributed by atoms with Gasteiger partial charge in [-0.3, -0.25) is 9.59 Å². The van der Waals surface area contributed by atoms with Gasteiger partial charge in [-0.05, 0) is 12.5 Å². The highest BCUT2D eigenvalue weighted by molar-refractivity contribution is 7.10. The number of esters is 1. The molecule has 0 unspecified atom stereocenters. The highest BCUT2D eigenvalue weighted by Crippen LogP contribution is 2.18. The molecule has 8 nitrogen and oxygen atoms in total. The van der Waals surface area contributed by atoms with Crippen molar-refractivity contribution in [2.75, 3.05) is 18.5 Å². The van der Waals surface area contributed by atoms with E-state index < -0.39 is 5.97 Å². The van der Waals surface area contributed by atoms with Gasteiger partial charge in [0.05, 0.1) is 13.0 Å². The fourth-order valence-corrected chi connectivity index (χ4v) is 2.53. The number of carbonyl (C=O) groups is 3. The van der Waals surface area contributed by atoms with Crippen molar-refractivity contribution >= 4 is 34.3 Å². The van der Waals surface area contributed by atoms with E-state index in [0.717, 1.165) is 17.1 Å². The average Bonchev–Trinajstić information content (AvgIpc) is 3.04. The maximum absolute atomic E-state index is 11.9. The van der Waals surface area contributed by atoms with E-state index in [0.29, 0.717) is 0 Å². The Hall–Kier alpha value is -2.81. The molecule has 0 aliphatic carbocycles. The second-order valence-electron chi connectivity index (χ2n) is 4.98. The van der Waals surface area contributed by atoms with Gasteiger partial charge in [-0.25, -0.2) is 4.79 Å². The number of rotatable bonds is 8. The predicted molar refractivity (Wildman–Crippen MR) is 92.3 cm³/mol. The topological polar surface area (TPSA) is 110 Å². The van der Waals surface area contributed by atoms with Crippen molar-refractivity contribution in [3.8, 4) is 0 Å². The lowest BCUT2D eigenvalue weighted by Gasteiger charge is -2.06. The number of hydrogen-bond acceptors (Lipinski definition) is 7. The number of anilines is 1. The van der Waals surface area contributed by atoms with Crippen LogP contribution in [0.4, 0.5) is 5.00 Å². The minimum atomic E-state index is -0.636. The third kappa shape index (κ3) is 5.96. The Kier molecular flexibility index (Phi) is 7.02. The Labute approximate surface area is 148 Å². The average molecular weight is 362 g/mol. The molecule has 2 amide bonds. The van der Waals surface area contributed by atoms with E-state index >= 15 is 0 Å². The van der Waals surface area contributed by atoms with E-state index in [2.05, 4.69) is 20.2 Å². The van der Waals surface area contributed by atoms with Crippen LogP contribution in [-0.4, -0.2) is 40.5 Å². The molecule has 2 N–H and O–H groups in total. The van der Waals surface area contributed by atoms with Crippen molar-refractivity contribution in [1.82, 2.24) is 14.9 Å². The summed E-state index contributed by atoms with van der Waals surface area (Å²) in [5.74, 6) is -1.15. The van der Waals surface area contributed by atoms with Gasteiger partial charge in [-0.1, -0.05) is 34.8 Å². The molecule has 0 spiro atoms. The highest BCUT2D eigenvalue weighted by atomic mass is 32.1. The summed E-state index contributed by atoms with van der Waals surface area (Å²) >= 11 is 0.892. The van der Waals surface area contributed by atoms with Crippen LogP contribution in [0, 0.1) is 0 Å². The number of nitrogens with zero attached hydrogens (tertiary/aromatic N) is 2. The second-order valence-corrected chi connectivity index (χ2v) is 5.74. The molecule has 1 aromatic heterocycles. The molecule has 9 heteroatoms. The second kappa shape index (κ2) is 9.48. The van der Waals surface area contributed by atoms with Gasteiger partial charge in [0.25, 0.3) is 0 Å². The molecule has 2 aromatic rings. The Balaban J connectivity index is 1.75. The number of amides is 2. The Morgan fingerprint density at radius 2 is 1.92 bits per heavy atom. The summed E-state index contributed by atoms with van der Waals surface area (Å²) in [6.45, 7) is 2.07. The SMILES string of the molecule is CCOC(=O)c1nnsc1NC(=O)CCNC(=O)Cc1ccccc1. The lowest BCUT2D eigenvalue weighted by molar-refractivity contribution is -0.120. The minimum Gasteiger partial charge on any atom is -0.461 e. The van der Waals surface area contributed by atoms with Gasteiger partial charge in [0, 0.05) is 24.5 Å². The first-order valence-corrected chi connectivity index (χ1v) is 8.47. The van der Waals surface area contributed by atoms with Crippen molar-refractivity contribution < 1.29 is 19.1 Å². The molecule has 0 atom stereocenters. The van der Waals surface area contributed by atoms with Crippen molar-refractivity contribution in [3.63, 3.8) is 0 Å². The van der Waals surface area contributed by atoms with Gasteiger partial charge in [0.15, 0.2) is 5.00 Å². The largest absolute Gasteiger partial charge is 0.461 e. The van der Waals surface area contributed by atoms with Crippen LogP contribution in [0.1, 0.15) is 29.4 Å². The molecule has 0 aliphatic rings. The van der Waals surface area contributed by atoms with Crippen molar-refractivity contribution in [2.24, 2.45) is 0 Å². The lowest BCUT2D eigenvalue weighted by Crippen LogP contribution is -2.29. The number of benzene rings is 1. The first-order valence-electron chi connectivity index (χ1n) is 7.70. The summed E-state index contributed by atoms with van der Waals surface area (Å²) in [6, 6.07) is 9.32. The van der Waals surface area contributed by atoms with Gasteiger partial charge in [-0.15, -0.1) is 5.10 Å². The zero-order valence-electron chi connectivity index (χ0n) is 13.7. The molecule has 0 aliphatic heterocycles. The zero-order chi connectivity index (χ0) is 18.1. The van der Waals surface area contributed by atoms with Crippen molar-refractivity contribution in [2.45, 2.75) is 19.8 Å². The van der Waals surface area contributed by atoms with E-state index in [1.807, 2.05) is 30.3 Å². The van der Waals surface area contributed by atoms with Gasteiger partial charge >= 0.3 is 5.97 Å². The van der Waals surface area contributed by atoms with E-state index in [1.54, 1.807) is 6.92 Å². The van der Waals surface area contributed by atoms with Crippen LogP contribution in [0.3, 0.4) is 0 Å². The maximum Gasteiger partial charge on any atom is 0.362 e. The summed E-state index contributed by atoms with van der Waals surface area (Å²) < 4.78 is 8.47. The summed E-state index contributed by atoms with van der Waals surface area (Å²) in [4.78, 5) is 35.4. The van der Waals surface area contributed by atoms with E-state index in [-0.39, 0.29) is 48.5 Å². The molecule has 0 fully saturated rings. The van der Waals surface area contributed by atoms with Gasteiger partial charge in [0.2, 0.25) is 17.5 Å². The highest BCUT2D eigenvalue weighted by Gasteiger charge is 2.19. The fraction of sp³-hybridized carbons (Fsp3) is 0.312. The van der Waals surface area contributed by atoms with Gasteiger partial charge in [0.1, 0.15) is 0 Å². The van der Waals surface area contributed by atoms with E-state index in [1.165, 1.54) is 0 Å². The normalized spacial score (nSPS) is 10.1. The monoisotopic (exact) mass is 362 g/mol. The molecule has 2 rings (SSSR count). The first-order chi connectivity index (χ1) is 12.1. The van der Waals surface area contributed by atoms with E-state index in [4.69, 9.17) is 4.74 Å². The number of ether oxygens (including phenoxy) is 1. The molecule has 0 radical (unpaired) electrons. The number of carbonyl (C=O) groups excluding carboxylic acids is 3. The van der Waals surface area contributed by atoms with Crippen LogP contribution in [0.5, 0.6) is 0 Å². The van der Waals surface area contributed by atoms with Crippen molar-refractivity contribution in [3.05, 3.63) is 41.6 Å². The zero-order valence-corrected chi connectivity index (χ0v) is 14.5. The summed E-state index contributed by atoms with van der Waals surface area (Å²) in [5.41, 5.74) is 0.882. The Bertz CT molecular complexity index is 733. The molecular weight excluding hydrogens is 344 g/mol. The standard InChI is InChI=1S/C16H18N4O4S/c1-2-24-16(23)14-15(25-20-19-14)18-12(21)8-9-17-13(22)10-11-6-4-3-5-7-11/h3-7H,2,8-10H2,1H3,(H,17,22)(H,18,21). The summed E-state index contributed by atoms with van der Waals surface area (Å²) in [6.07, 6.45) is 0.328. The number of nitrogens with one attached hydrogen (secondary N) is 2. The molecule has 0 saturated heterocycles. The molecular formula is C16H18N4O4S. The van der Waals surface area contributed by atoms with E-state index in [9.17, 15) is 14.4 Å². The van der Waals surface area contributed by atoms with Crippen LogP contribution in [0.25, 0.3) is 0 Å². The smallest absolute Gasteiger partial charge is 0.362 e. The molecule has 25 heavy (non-hydrogen) atoms. The number of aromatic nitrogens is 2. The predicted octanol–water partition coefficient (Wildman–Crippen LogP) is 1.40. The summed E-state index contributed by atoms with van der Waals surface area (Å²) in [7, 11) is 0. The van der Waals surface area contributed by atoms with Crippen LogP contribution in [0.2, 0.25) is 0 Å². The third-order valence-electron chi connectivity index (χ3n) is 3.09. The van der Waals surface area contributed by atoms with Crippen LogP contribution in [-0.2, 0) is 20.7 Å². The maximum atomic E-state index is 11.9. The van der Waals surface area contributed by atoms with Crippen molar-refractivity contribution in [1.29, 1.82) is 0 Å². The number of hydrogen-bond donors (Lipinski definition) is 2.